The maximum absolute atomic E-state index is 11.8. The maximum atomic E-state index is 11.8. The van der Waals surface area contributed by atoms with Gasteiger partial charge in [-0.05, 0) is 24.0 Å². The second-order valence-corrected chi connectivity index (χ2v) is 4.60. The first-order chi connectivity index (χ1) is 6.22. The van der Waals surface area contributed by atoms with E-state index in [-0.39, 0.29) is 18.1 Å². The van der Waals surface area contributed by atoms with Crippen LogP contribution in [0.2, 0.25) is 0 Å². The van der Waals surface area contributed by atoms with E-state index in [0.717, 1.165) is 18.6 Å². The molecule has 0 heterocycles. The molecule has 0 spiro atoms. The van der Waals surface area contributed by atoms with Crippen LogP contribution in [-0.4, -0.2) is 31.3 Å². The van der Waals surface area contributed by atoms with E-state index in [9.17, 15) is 9.18 Å². The second kappa shape index (κ2) is 4.84. The molecule has 0 saturated heterocycles. The van der Waals surface area contributed by atoms with Gasteiger partial charge in [0.05, 0.1) is 20.2 Å². The van der Waals surface area contributed by atoms with Crippen LogP contribution >= 0.6 is 11.8 Å². The zero-order valence-corrected chi connectivity index (χ0v) is 8.66. The fourth-order valence-electron chi connectivity index (χ4n) is 1.27. The summed E-state index contributed by atoms with van der Waals surface area (Å²) in [5.74, 6) is 1.30. The Balaban J connectivity index is 2.18. The number of hydrogen-bond donors (Lipinski definition) is 0. The van der Waals surface area contributed by atoms with Crippen molar-refractivity contribution in [3.05, 3.63) is 0 Å². The predicted octanol–water partition coefficient (Wildman–Crippen LogP) is 2.03. The number of carbonyl (C=O) groups is 1. The Morgan fingerprint density at radius 1 is 1.62 bits per heavy atom. The quantitative estimate of drug-likeness (QED) is 0.491. The van der Waals surface area contributed by atoms with E-state index in [0.29, 0.717) is 12.2 Å². The SMILES string of the molecule is COC(=O)CC1(CSCCF)CC1. The molecule has 0 amide bonds. The van der Waals surface area contributed by atoms with Gasteiger partial charge in [-0.1, -0.05) is 0 Å². The number of rotatable bonds is 6. The van der Waals surface area contributed by atoms with Crippen molar-refractivity contribution in [2.45, 2.75) is 19.3 Å². The number of hydrogen-bond acceptors (Lipinski definition) is 3. The van der Waals surface area contributed by atoms with Crippen molar-refractivity contribution in [3.63, 3.8) is 0 Å². The lowest BCUT2D eigenvalue weighted by Gasteiger charge is -2.11. The number of carbonyl (C=O) groups excluding carboxylic acids is 1. The zero-order valence-electron chi connectivity index (χ0n) is 7.85. The third kappa shape index (κ3) is 3.55. The normalized spacial score (nSPS) is 18.3. The molecule has 0 atom stereocenters. The van der Waals surface area contributed by atoms with Crippen LogP contribution in [-0.2, 0) is 9.53 Å². The van der Waals surface area contributed by atoms with Crippen molar-refractivity contribution in [1.82, 2.24) is 0 Å². The van der Waals surface area contributed by atoms with E-state index in [1.54, 1.807) is 11.8 Å². The molecule has 1 fully saturated rings. The van der Waals surface area contributed by atoms with Crippen LogP contribution in [0.4, 0.5) is 4.39 Å². The van der Waals surface area contributed by atoms with Crippen LogP contribution in [0, 0.1) is 5.41 Å². The summed E-state index contributed by atoms with van der Waals surface area (Å²) in [4.78, 5) is 11.0. The van der Waals surface area contributed by atoms with E-state index < -0.39 is 0 Å². The number of methoxy groups -OCH3 is 1. The van der Waals surface area contributed by atoms with Gasteiger partial charge in [0.25, 0.3) is 0 Å². The second-order valence-electron chi connectivity index (χ2n) is 3.49. The van der Waals surface area contributed by atoms with Gasteiger partial charge in [0, 0.05) is 5.75 Å². The summed E-state index contributed by atoms with van der Waals surface area (Å²) in [7, 11) is 1.41. The van der Waals surface area contributed by atoms with Crippen molar-refractivity contribution in [2.75, 3.05) is 25.3 Å². The summed E-state index contributed by atoms with van der Waals surface area (Å²) < 4.78 is 16.4. The van der Waals surface area contributed by atoms with Crippen molar-refractivity contribution in [2.24, 2.45) is 5.41 Å². The molecule has 0 N–H and O–H groups in total. The van der Waals surface area contributed by atoms with Crippen LogP contribution in [0.1, 0.15) is 19.3 Å². The summed E-state index contributed by atoms with van der Waals surface area (Å²) in [5, 5.41) is 0. The van der Waals surface area contributed by atoms with E-state index in [1.165, 1.54) is 7.11 Å². The fourth-order valence-corrected chi connectivity index (χ4v) is 2.35. The van der Waals surface area contributed by atoms with Gasteiger partial charge < -0.3 is 4.74 Å². The Bertz CT molecular complexity index is 180. The first-order valence-corrected chi connectivity index (χ1v) is 5.58. The molecule has 0 bridgehead atoms. The highest BCUT2D eigenvalue weighted by molar-refractivity contribution is 7.99. The highest BCUT2D eigenvalue weighted by Gasteiger charge is 2.44. The molecule has 0 aromatic carbocycles. The van der Waals surface area contributed by atoms with Crippen LogP contribution in [0.15, 0.2) is 0 Å². The number of alkyl halides is 1. The Labute approximate surface area is 82.2 Å². The summed E-state index contributed by atoms with van der Waals surface area (Å²) in [6, 6.07) is 0. The molecule has 4 heteroatoms. The minimum absolute atomic E-state index is 0.140. The Morgan fingerprint density at radius 3 is 2.77 bits per heavy atom. The van der Waals surface area contributed by atoms with E-state index in [1.807, 2.05) is 0 Å². The van der Waals surface area contributed by atoms with Crippen molar-refractivity contribution in [1.29, 1.82) is 0 Å². The molecule has 0 aromatic heterocycles. The van der Waals surface area contributed by atoms with Crippen molar-refractivity contribution < 1.29 is 13.9 Å². The molecule has 13 heavy (non-hydrogen) atoms. The van der Waals surface area contributed by atoms with Gasteiger partial charge in [0.1, 0.15) is 0 Å². The van der Waals surface area contributed by atoms with Gasteiger partial charge in [-0.15, -0.1) is 0 Å². The smallest absolute Gasteiger partial charge is 0.306 e. The van der Waals surface area contributed by atoms with Crippen molar-refractivity contribution >= 4 is 17.7 Å². The topological polar surface area (TPSA) is 26.3 Å². The summed E-state index contributed by atoms with van der Waals surface area (Å²) in [5.41, 5.74) is 0.146. The van der Waals surface area contributed by atoms with Gasteiger partial charge >= 0.3 is 5.97 Å². The molecule has 1 aliphatic carbocycles. The third-order valence-corrected chi connectivity index (χ3v) is 3.59. The van der Waals surface area contributed by atoms with Crippen LogP contribution < -0.4 is 0 Å². The number of thioether (sulfide) groups is 1. The minimum atomic E-state index is -0.279. The molecule has 0 unspecified atom stereocenters. The number of esters is 1. The average molecular weight is 206 g/mol. The highest BCUT2D eigenvalue weighted by Crippen LogP contribution is 2.51. The van der Waals surface area contributed by atoms with Gasteiger partial charge in [-0.3, -0.25) is 9.18 Å². The molecule has 2 nitrogen and oxygen atoms in total. The monoisotopic (exact) mass is 206 g/mol. The maximum Gasteiger partial charge on any atom is 0.306 e. The minimum Gasteiger partial charge on any atom is -0.469 e. The molecule has 1 rings (SSSR count). The Morgan fingerprint density at radius 2 is 2.31 bits per heavy atom. The Kier molecular flexibility index (Phi) is 4.03. The molecular weight excluding hydrogens is 191 g/mol. The molecule has 1 aliphatic rings. The predicted molar refractivity (Wildman–Crippen MR) is 51.6 cm³/mol. The largest absolute Gasteiger partial charge is 0.469 e. The van der Waals surface area contributed by atoms with Gasteiger partial charge in [0.15, 0.2) is 0 Å². The zero-order chi connectivity index (χ0) is 9.73. The van der Waals surface area contributed by atoms with Crippen molar-refractivity contribution in [3.8, 4) is 0 Å². The van der Waals surface area contributed by atoms with Gasteiger partial charge in [0.2, 0.25) is 0 Å². The molecule has 1 saturated carbocycles. The van der Waals surface area contributed by atoms with Crippen LogP contribution in [0.25, 0.3) is 0 Å². The van der Waals surface area contributed by atoms with Gasteiger partial charge in [-0.25, -0.2) is 0 Å². The third-order valence-electron chi connectivity index (χ3n) is 2.33. The first kappa shape index (κ1) is 10.8. The van der Waals surface area contributed by atoms with Gasteiger partial charge in [-0.2, -0.15) is 11.8 Å². The fraction of sp³-hybridized carbons (Fsp3) is 0.889. The summed E-state index contributed by atoms with van der Waals surface area (Å²) >= 11 is 1.59. The molecule has 76 valence electrons. The molecule has 0 radical (unpaired) electrons. The summed E-state index contributed by atoms with van der Waals surface area (Å²) in [6.45, 7) is -0.279. The van der Waals surface area contributed by atoms with E-state index in [4.69, 9.17) is 0 Å². The van der Waals surface area contributed by atoms with Crippen LogP contribution in [0.3, 0.4) is 0 Å². The summed E-state index contributed by atoms with van der Waals surface area (Å²) in [6.07, 6.45) is 2.67. The molecular formula is C9H15FO2S. The first-order valence-electron chi connectivity index (χ1n) is 4.43. The number of ether oxygens (including phenoxy) is 1. The standard InChI is InChI=1S/C9H15FO2S/c1-12-8(11)6-9(2-3-9)7-13-5-4-10/h2-7H2,1H3. The Hall–Kier alpha value is -0.250. The highest BCUT2D eigenvalue weighted by atomic mass is 32.2. The van der Waals surface area contributed by atoms with E-state index >= 15 is 0 Å². The van der Waals surface area contributed by atoms with E-state index in [2.05, 4.69) is 4.74 Å². The average Bonchev–Trinajstić information content (AvgIpc) is 2.86. The lowest BCUT2D eigenvalue weighted by molar-refractivity contribution is -0.141. The molecule has 0 aliphatic heterocycles. The van der Waals surface area contributed by atoms with Crippen LogP contribution in [0.5, 0.6) is 0 Å². The lowest BCUT2D eigenvalue weighted by Crippen LogP contribution is -2.13. The molecule has 0 aromatic rings. The lowest BCUT2D eigenvalue weighted by atomic mass is 10.1. The number of halogens is 1.